The zero-order chi connectivity index (χ0) is 16.8. The van der Waals surface area contributed by atoms with Crippen molar-refractivity contribution in [1.29, 1.82) is 0 Å². The molecule has 0 unspecified atom stereocenters. The monoisotopic (exact) mass is 350 g/mol. The van der Waals surface area contributed by atoms with E-state index in [0.29, 0.717) is 22.0 Å². The van der Waals surface area contributed by atoms with Crippen LogP contribution in [0, 0.1) is 5.92 Å². The van der Waals surface area contributed by atoms with Crippen molar-refractivity contribution in [2.75, 3.05) is 7.11 Å². The van der Waals surface area contributed by atoms with E-state index in [1.165, 1.54) is 13.2 Å². The summed E-state index contributed by atoms with van der Waals surface area (Å²) in [7, 11) is 1.32. The summed E-state index contributed by atoms with van der Waals surface area (Å²) in [6, 6.07) is 14.2. The van der Waals surface area contributed by atoms with E-state index in [9.17, 15) is 9.59 Å². The summed E-state index contributed by atoms with van der Waals surface area (Å²) in [4.78, 5) is 24.4. The van der Waals surface area contributed by atoms with Crippen molar-refractivity contribution in [2.24, 2.45) is 5.92 Å². The fraction of sp³-hybridized carbons (Fsp3) is 0.222. The van der Waals surface area contributed by atoms with Crippen molar-refractivity contribution in [3.05, 3.63) is 69.7 Å². The molecule has 0 aliphatic rings. The van der Waals surface area contributed by atoms with Crippen LogP contribution < -0.4 is 0 Å². The number of hydrogen-bond donors (Lipinski definition) is 0. The molecule has 0 aromatic heterocycles. The summed E-state index contributed by atoms with van der Waals surface area (Å²) < 4.78 is 4.83. The highest BCUT2D eigenvalue weighted by Gasteiger charge is 2.24. The smallest absolute Gasteiger partial charge is 0.309 e. The summed E-state index contributed by atoms with van der Waals surface area (Å²) in [6.45, 7) is 0. The molecule has 0 aliphatic heterocycles. The summed E-state index contributed by atoms with van der Waals surface area (Å²) >= 11 is 11.8. The third-order valence-electron chi connectivity index (χ3n) is 3.53. The second-order valence-electron chi connectivity index (χ2n) is 5.17. The molecule has 0 spiro atoms. The van der Waals surface area contributed by atoms with E-state index < -0.39 is 11.9 Å². The first-order chi connectivity index (χ1) is 11.0. The minimum Gasteiger partial charge on any atom is -0.469 e. The van der Waals surface area contributed by atoms with Crippen LogP contribution in [0.3, 0.4) is 0 Å². The molecular weight excluding hydrogens is 335 g/mol. The maximum atomic E-state index is 12.4. The van der Waals surface area contributed by atoms with Gasteiger partial charge >= 0.3 is 5.97 Å². The number of benzene rings is 2. The Bertz CT molecular complexity index is 699. The summed E-state index contributed by atoms with van der Waals surface area (Å²) in [5.41, 5.74) is 1.41. The van der Waals surface area contributed by atoms with E-state index in [4.69, 9.17) is 27.9 Å². The van der Waals surface area contributed by atoms with Gasteiger partial charge in [0.15, 0.2) is 5.78 Å². The predicted molar refractivity (Wildman–Crippen MR) is 91.1 cm³/mol. The normalized spacial score (nSPS) is 11.8. The molecule has 0 bridgehead atoms. The van der Waals surface area contributed by atoms with Gasteiger partial charge in [-0.3, -0.25) is 9.59 Å². The van der Waals surface area contributed by atoms with Gasteiger partial charge in [0, 0.05) is 12.0 Å². The van der Waals surface area contributed by atoms with Crippen LogP contribution in [0.1, 0.15) is 22.3 Å². The van der Waals surface area contributed by atoms with Crippen LogP contribution in [-0.4, -0.2) is 18.9 Å². The van der Waals surface area contributed by atoms with E-state index in [2.05, 4.69) is 0 Å². The fourth-order valence-electron chi connectivity index (χ4n) is 2.32. The van der Waals surface area contributed by atoms with Crippen molar-refractivity contribution >= 4 is 35.0 Å². The molecular formula is C18H16Cl2O3. The molecule has 0 N–H and O–H groups in total. The summed E-state index contributed by atoms with van der Waals surface area (Å²) in [5.74, 6) is -1.11. The molecule has 0 heterocycles. The number of esters is 1. The van der Waals surface area contributed by atoms with Gasteiger partial charge in [-0.25, -0.2) is 0 Å². The molecule has 23 heavy (non-hydrogen) atoms. The van der Waals surface area contributed by atoms with Crippen molar-refractivity contribution < 1.29 is 14.3 Å². The number of hydrogen-bond acceptors (Lipinski definition) is 3. The van der Waals surface area contributed by atoms with Gasteiger partial charge in [0.25, 0.3) is 0 Å². The van der Waals surface area contributed by atoms with Crippen molar-refractivity contribution in [2.45, 2.75) is 12.8 Å². The summed E-state index contributed by atoms with van der Waals surface area (Å²) in [5, 5.41) is 0.701. The Morgan fingerprint density at radius 2 is 1.74 bits per heavy atom. The number of carbonyl (C=O) groups excluding carboxylic acids is 2. The topological polar surface area (TPSA) is 43.4 Å². The lowest BCUT2D eigenvalue weighted by atomic mass is 9.92. The van der Waals surface area contributed by atoms with Crippen LogP contribution in [0.2, 0.25) is 10.0 Å². The minimum atomic E-state index is -0.538. The number of carbonyl (C=O) groups is 2. The summed E-state index contributed by atoms with van der Waals surface area (Å²) in [6.07, 6.45) is 0.500. The van der Waals surface area contributed by atoms with Gasteiger partial charge in [-0.1, -0.05) is 53.5 Å². The third-order valence-corrected chi connectivity index (χ3v) is 4.27. The Balaban J connectivity index is 2.15. The van der Waals surface area contributed by atoms with Crippen LogP contribution in [0.5, 0.6) is 0 Å². The average Bonchev–Trinajstić information content (AvgIpc) is 2.56. The van der Waals surface area contributed by atoms with Gasteiger partial charge in [-0.15, -0.1) is 0 Å². The van der Waals surface area contributed by atoms with Gasteiger partial charge in [0.05, 0.1) is 23.1 Å². The number of ketones is 1. The highest BCUT2D eigenvalue weighted by Crippen LogP contribution is 2.24. The lowest BCUT2D eigenvalue weighted by Crippen LogP contribution is -2.22. The van der Waals surface area contributed by atoms with Crippen LogP contribution in [-0.2, 0) is 16.0 Å². The zero-order valence-corrected chi connectivity index (χ0v) is 14.1. The first-order valence-corrected chi connectivity index (χ1v) is 7.87. The Morgan fingerprint density at radius 3 is 2.35 bits per heavy atom. The number of methoxy groups -OCH3 is 1. The molecule has 5 heteroatoms. The molecule has 2 rings (SSSR count). The van der Waals surface area contributed by atoms with Crippen molar-refractivity contribution in [3.63, 3.8) is 0 Å². The van der Waals surface area contributed by atoms with Crippen LogP contribution in [0.4, 0.5) is 0 Å². The van der Waals surface area contributed by atoms with Crippen LogP contribution in [0.15, 0.2) is 48.5 Å². The molecule has 3 nitrogen and oxygen atoms in total. The van der Waals surface area contributed by atoms with E-state index in [1.807, 2.05) is 30.3 Å². The molecule has 1 atom stereocenters. The molecule has 0 amide bonds. The number of halogens is 2. The van der Waals surface area contributed by atoms with E-state index in [-0.39, 0.29) is 12.2 Å². The predicted octanol–water partition coefficient (Wildman–Crippen LogP) is 4.60. The van der Waals surface area contributed by atoms with Gasteiger partial charge in [0.2, 0.25) is 0 Å². The second-order valence-corrected chi connectivity index (χ2v) is 5.98. The van der Waals surface area contributed by atoms with Gasteiger partial charge in [-0.05, 0) is 30.2 Å². The van der Waals surface area contributed by atoms with Gasteiger partial charge < -0.3 is 4.74 Å². The molecule has 0 fully saturated rings. The maximum Gasteiger partial charge on any atom is 0.309 e. The van der Waals surface area contributed by atoms with Crippen molar-refractivity contribution in [1.82, 2.24) is 0 Å². The van der Waals surface area contributed by atoms with Crippen LogP contribution in [0.25, 0.3) is 0 Å². The third kappa shape index (κ3) is 4.81. The highest BCUT2D eigenvalue weighted by atomic mass is 35.5. The molecule has 2 aromatic rings. The SMILES string of the molecule is COC(=O)[C@H](CC(=O)c1ccc(Cl)c(Cl)c1)Cc1ccccc1. The Morgan fingerprint density at radius 1 is 1.04 bits per heavy atom. The maximum absolute atomic E-state index is 12.4. The molecule has 0 radical (unpaired) electrons. The van der Waals surface area contributed by atoms with Gasteiger partial charge in [-0.2, -0.15) is 0 Å². The lowest BCUT2D eigenvalue weighted by Gasteiger charge is -2.14. The first kappa shape index (κ1) is 17.5. The van der Waals surface area contributed by atoms with E-state index in [0.717, 1.165) is 5.56 Å². The Labute approximate surface area is 145 Å². The second kappa shape index (κ2) is 8.14. The number of rotatable bonds is 6. The first-order valence-electron chi connectivity index (χ1n) is 7.11. The quantitative estimate of drug-likeness (QED) is 0.564. The lowest BCUT2D eigenvalue weighted by molar-refractivity contribution is -0.145. The molecule has 2 aromatic carbocycles. The fourth-order valence-corrected chi connectivity index (χ4v) is 2.61. The van der Waals surface area contributed by atoms with Gasteiger partial charge in [0.1, 0.15) is 0 Å². The minimum absolute atomic E-state index is 0.0551. The Hall–Kier alpha value is -1.84. The highest BCUT2D eigenvalue weighted by molar-refractivity contribution is 6.42. The van der Waals surface area contributed by atoms with Crippen molar-refractivity contribution in [3.8, 4) is 0 Å². The van der Waals surface area contributed by atoms with E-state index >= 15 is 0 Å². The zero-order valence-electron chi connectivity index (χ0n) is 12.6. The molecule has 120 valence electrons. The Kier molecular flexibility index (Phi) is 6.20. The molecule has 0 saturated heterocycles. The largest absolute Gasteiger partial charge is 0.469 e. The molecule has 0 saturated carbocycles. The average molecular weight is 351 g/mol. The van der Waals surface area contributed by atoms with Crippen LogP contribution >= 0.6 is 23.2 Å². The molecule has 0 aliphatic carbocycles. The number of Topliss-reactive ketones (excluding diaryl/α,β-unsaturated/α-hetero) is 1. The standard InChI is InChI=1S/C18H16Cl2O3/c1-23-18(22)14(9-12-5-3-2-4-6-12)11-17(21)13-7-8-15(19)16(20)10-13/h2-8,10,14H,9,11H2,1H3/t14-/m0/s1. The van der Waals surface area contributed by atoms with E-state index in [1.54, 1.807) is 12.1 Å². The number of ether oxygens (including phenoxy) is 1.